The Kier molecular flexibility index (Phi) is 4.66. The summed E-state index contributed by atoms with van der Waals surface area (Å²) in [6, 6.07) is 19.4. The molecule has 0 atom stereocenters. The van der Waals surface area contributed by atoms with Crippen molar-refractivity contribution in [3.63, 3.8) is 0 Å². The molecule has 4 N–H and O–H groups in total. The third-order valence-electron chi connectivity index (χ3n) is 3.52. The minimum atomic E-state index is 0.533. The summed E-state index contributed by atoms with van der Waals surface area (Å²) in [5.74, 6) is 2.67. The molecule has 2 aromatic carbocycles. The molecule has 126 valence electrons. The van der Waals surface area contributed by atoms with Crippen LogP contribution in [0.1, 0.15) is 13.8 Å². The second-order valence-corrected chi connectivity index (χ2v) is 5.76. The van der Waals surface area contributed by atoms with Gasteiger partial charge in [-0.15, -0.1) is 0 Å². The van der Waals surface area contributed by atoms with Crippen LogP contribution in [0.5, 0.6) is 0 Å². The maximum atomic E-state index is 5.98. The molecule has 0 aliphatic heterocycles. The highest BCUT2D eigenvalue weighted by molar-refractivity contribution is 5.81. The van der Waals surface area contributed by atoms with E-state index in [1.807, 2.05) is 60.7 Å². The van der Waals surface area contributed by atoms with E-state index in [1.54, 1.807) is 13.8 Å². The zero-order valence-corrected chi connectivity index (χ0v) is 14.2. The molecule has 0 saturated heterocycles. The average Bonchev–Trinajstić information content (AvgIpc) is 3.05. The normalized spacial score (nSPS) is 12.4. The van der Waals surface area contributed by atoms with Crippen LogP contribution in [-0.2, 0) is 0 Å². The number of furan rings is 1. The van der Waals surface area contributed by atoms with Gasteiger partial charge in [-0.2, -0.15) is 0 Å². The highest BCUT2D eigenvalue weighted by Crippen LogP contribution is 2.30. The molecule has 0 fully saturated rings. The number of hydrogen-bond acceptors (Lipinski definition) is 3. The summed E-state index contributed by atoms with van der Waals surface area (Å²) >= 11 is 0. The zero-order chi connectivity index (χ0) is 17.8. The number of rotatable bonds is 4. The molecule has 3 aromatic rings. The smallest absolute Gasteiger partial charge is 0.134 e. The van der Waals surface area contributed by atoms with Gasteiger partial charge in [0.25, 0.3) is 0 Å². The molecule has 25 heavy (non-hydrogen) atoms. The van der Waals surface area contributed by atoms with Crippen LogP contribution in [0.2, 0.25) is 0 Å². The highest BCUT2D eigenvalue weighted by atomic mass is 16.3. The van der Waals surface area contributed by atoms with Crippen molar-refractivity contribution in [1.82, 2.24) is 0 Å². The molecular weight excluding hydrogens is 312 g/mol. The van der Waals surface area contributed by atoms with Crippen LogP contribution in [0.4, 0.5) is 11.4 Å². The van der Waals surface area contributed by atoms with Gasteiger partial charge in [0.15, 0.2) is 0 Å². The van der Waals surface area contributed by atoms with E-state index in [-0.39, 0.29) is 0 Å². The Morgan fingerprint density at radius 2 is 1.00 bits per heavy atom. The lowest BCUT2D eigenvalue weighted by Gasteiger charge is -2.01. The quantitative estimate of drug-likeness (QED) is 0.539. The van der Waals surface area contributed by atoms with E-state index in [1.165, 1.54) is 0 Å². The Hall–Kier alpha value is -3.34. The lowest BCUT2D eigenvalue weighted by Crippen LogP contribution is -2.03. The molecule has 0 bridgehead atoms. The molecule has 0 amide bonds. The molecular formula is C20H20N4O. The van der Waals surface area contributed by atoms with Crippen LogP contribution in [0.3, 0.4) is 0 Å². The number of aliphatic imine (C=N–C) groups is 2. The molecule has 5 heteroatoms. The maximum absolute atomic E-state index is 5.98. The SMILES string of the molecule is CC(N)=Nc1ccc(-c2ccc(-c3ccc(N=C(C)N)cc3)o2)cc1. The van der Waals surface area contributed by atoms with Crippen molar-refractivity contribution >= 4 is 23.0 Å². The lowest BCUT2D eigenvalue weighted by atomic mass is 10.1. The maximum Gasteiger partial charge on any atom is 0.134 e. The van der Waals surface area contributed by atoms with Crippen LogP contribution in [-0.4, -0.2) is 11.7 Å². The second-order valence-electron chi connectivity index (χ2n) is 5.76. The fraction of sp³-hybridized carbons (Fsp3) is 0.100. The lowest BCUT2D eigenvalue weighted by molar-refractivity contribution is 0.597. The molecule has 0 aliphatic carbocycles. The van der Waals surface area contributed by atoms with Gasteiger partial charge < -0.3 is 15.9 Å². The Morgan fingerprint density at radius 3 is 1.32 bits per heavy atom. The predicted molar refractivity (Wildman–Crippen MR) is 103 cm³/mol. The molecule has 1 heterocycles. The zero-order valence-electron chi connectivity index (χ0n) is 14.2. The first kappa shape index (κ1) is 16.5. The van der Waals surface area contributed by atoms with E-state index in [4.69, 9.17) is 15.9 Å². The molecule has 0 unspecified atom stereocenters. The highest BCUT2D eigenvalue weighted by Gasteiger charge is 2.07. The van der Waals surface area contributed by atoms with Crippen molar-refractivity contribution in [3.05, 3.63) is 60.7 Å². The molecule has 1 aromatic heterocycles. The first-order chi connectivity index (χ1) is 12.0. The molecule has 0 saturated carbocycles. The fourth-order valence-electron chi connectivity index (χ4n) is 2.46. The van der Waals surface area contributed by atoms with Crippen LogP contribution >= 0.6 is 0 Å². The summed E-state index contributed by atoms with van der Waals surface area (Å²) < 4.78 is 5.98. The van der Waals surface area contributed by atoms with E-state index in [2.05, 4.69) is 9.98 Å². The minimum absolute atomic E-state index is 0.533. The molecule has 0 radical (unpaired) electrons. The van der Waals surface area contributed by atoms with Gasteiger partial charge >= 0.3 is 0 Å². The fourth-order valence-corrected chi connectivity index (χ4v) is 2.46. The van der Waals surface area contributed by atoms with Gasteiger partial charge in [-0.1, -0.05) is 0 Å². The summed E-state index contributed by atoms with van der Waals surface area (Å²) in [6.45, 7) is 3.52. The Labute approximate surface area is 146 Å². The average molecular weight is 332 g/mol. The number of nitrogens with zero attached hydrogens (tertiary/aromatic N) is 2. The van der Waals surface area contributed by atoms with Gasteiger partial charge in [-0.25, -0.2) is 9.98 Å². The van der Waals surface area contributed by atoms with E-state index in [0.717, 1.165) is 34.0 Å². The van der Waals surface area contributed by atoms with Crippen molar-refractivity contribution in [3.8, 4) is 22.6 Å². The van der Waals surface area contributed by atoms with Crippen molar-refractivity contribution in [2.45, 2.75) is 13.8 Å². The third-order valence-corrected chi connectivity index (χ3v) is 3.52. The Morgan fingerprint density at radius 1 is 0.640 bits per heavy atom. The molecule has 5 nitrogen and oxygen atoms in total. The van der Waals surface area contributed by atoms with E-state index >= 15 is 0 Å². The summed E-state index contributed by atoms with van der Waals surface area (Å²) in [5, 5.41) is 0. The summed E-state index contributed by atoms with van der Waals surface area (Å²) in [7, 11) is 0. The summed E-state index contributed by atoms with van der Waals surface area (Å²) in [5.41, 5.74) is 14.8. The predicted octanol–water partition coefficient (Wildman–Crippen LogP) is 4.63. The van der Waals surface area contributed by atoms with E-state index in [0.29, 0.717) is 11.7 Å². The minimum Gasteiger partial charge on any atom is -0.456 e. The summed E-state index contributed by atoms with van der Waals surface area (Å²) in [6.07, 6.45) is 0. The van der Waals surface area contributed by atoms with Gasteiger partial charge in [-0.3, -0.25) is 0 Å². The summed E-state index contributed by atoms with van der Waals surface area (Å²) in [4.78, 5) is 8.44. The second kappa shape index (κ2) is 7.05. The van der Waals surface area contributed by atoms with Gasteiger partial charge in [0.2, 0.25) is 0 Å². The molecule has 3 rings (SSSR count). The van der Waals surface area contributed by atoms with Gasteiger partial charge in [0, 0.05) is 11.1 Å². The van der Waals surface area contributed by atoms with Crippen LogP contribution in [0.15, 0.2) is 75.1 Å². The Balaban J connectivity index is 1.82. The van der Waals surface area contributed by atoms with E-state index < -0.39 is 0 Å². The van der Waals surface area contributed by atoms with Crippen molar-refractivity contribution < 1.29 is 4.42 Å². The number of amidine groups is 2. The van der Waals surface area contributed by atoms with Gasteiger partial charge in [0.05, 0.1) is 23.0 Å². The number of benzene rings is 2. The largest absolute Gasteiger partial charge is 0.456 e. The van der Waals surface area contributed by atoms with Gasteiger partial charge in [-0.05, 0) is 74.5 Å². The topological polar surface area (TPSA) is 89.9 Å². The van der Waals surface area contributed by atoms with Crippen molar-refractivity contribution in [2.24, 2.45) is 21.5 Å². The number of hydrogen-bond donors (Lipinski definition) is 2. The van der Waals surface area contributed by atoms with Crippen LogP contribution in [0, 0.1) is 0 Å². The molecule has 0 aliphatic rings. The van der Waals surface area contributed by atoms with Crippen LogP contribution < -0.4 is 11.5 Å². The van der Waals surface area contributed by atoms with Crippen molar-refractivity contribution in [1.29, 1.82) is 0 Å². The van der Waals surface area contributed by atoms with Crippen LogP contribution in [0.25, 0.3) is 22.6 Å². The molecule has 0 spiro atoms. The first-order valence-electron chi connectivity index (χ1n) is 7.93. The number of nitrogens with two attached hydrogens (primary N) is 2. The third kappa shape index (κ3) is 4.14. The monoisotopic (exact) mass is 332 g/mol. The van der Waals surface area contributed by atoms with Gasteiger partial charge in [0.1, 0.15) is 11.5 Å². The van der Waals surface area contributed by atoms with E-state index in [9.17, 15) is 0 Å². The Bertz CT molecular complexity index is 835. The first-order valence-corrected chi connectivity index (χ1v) is 7.93. The standard InChI is InChI=1S/C20H20N4O/c1-13(21)23-17-7-3-15(4-8-17)19-11-12-20(25-19)16-5-9-18(10-6-16)24-14(2)22/h3-12H,1-2H3,(H2,21,23)(H2,22,24). The van der Waals surface area contributed by atoms with Crippen molar-refractivity contribution in [2.75, 3.05) is 0 Å².